The predicted molar refractivity (Wildman–Crippen MR) is 121 cm³/mol. The highest BCUT2D eigenvalue weighted by Crippen LogP contribution is 2.24. The van der Waals surface area contributed by atoms with Crippen LogP contribution in [0.1, 0.15) is 38.4 Å². The molecule has 2 aromatic carbocycles. The molecule has 1 aromatic heterocycles. The quantitative estimate of drug-likeness (QED) is 0.552. The van der Waals surface area contributed by atoms with Crippen LogP contribution in [-0.2, 0) is 11.2 Å². The molecule has 3 rings (SSSR count). The summed E-state index contributed by atoms with van der Waals surface area (Å²) in [5.41, 5.74) is 6.07. The zero-order chi connectivity index (χ0) is 22.5. The van der Waals surface area contributed by atoms with Crippen molar-refractivity contribution in [3.8, 4) is 11.8 Å². The van der Waals surface area contributed by atoms with Gasteiger partial charge in [-0.15, -0.1) is 0 Å². The van der Waals surface area contributed by atoms with Gasteiger partial charge in [0.15, 0.2) is 0 Å². The number of hydrogen-bond acceptors (Lipinski definition) is 4. The molecule has 0 N–H and O–H groups in total. The van der Waals surface area contributed by atoms with Gasteiger partial charge in [-0.3, -0.25) is 4.79 Å². The first-order chi connectivity index (χ1) is 14.8. The average Bonchev–Trinajstić information content (AvgIpc) is 3.05. The summed E-state index contributed by atoms with van der Waals surface area (Å²) in [6, 6.07) is 15.0. The number of benzene rings is 2. The molecule has 0 unspecified atom stereocenters. The first kappa shape index (κ1) is 22.5. The van der Waals surface area contributed by atoms with Crippen LogP contribution in [0.25, 0.3) is 5.69 Å². The fraction of sp³-hybridized carbons (Fsp3) is 0.292. The van der Waals surface area contributed by atoms with Gasteiger partial charge in [-0.1, -0.05) is 23.7 Å². The first-order valence-corrected chi connectivity index (χ1v) is 10.3. The lowest BCUT2D eigenvalue weighted by Crippen LogP contribution is -2.29. The minimum absolute atomic E-state index is 0.0264. The molecule has 160 valence electrons. The summed E-state index contributed by atoms with van der Waals surface area (Å²) in [7, 11) is 3.39. The van der Waals surface area contributed by atoms with Crippen molar-refractivity contribution in [3.05, 3.63) is 81.1 Å². The second-order valence-corrected chi connectivity index (χ2v) is 7.84. The summed E-state index contributed by atoms with van der Waals surface area (Å²) in [4.78, 5) is 14.1. The van der Waals surface area contributed by atoms with E-state index < -0.39 is 0 Å². The molecule has 1 amide bonds. The van der Waals surface area contributed by atoms with Gasteiger partial charge in [-0.25, -0.2) is 4.68 Å². The van der Waals surface area contributed by atoms with Crippen LogP contribution in [0.5, 0.6) is 0 Å². The van der Waals surface area contributed by atoms with E-state index in [1.807, 2.05) is 48.9 Å². The van der Waals surface area contributed by atoms with Crippen molar-refractivity contribution in [2.24, 2.45) is 0 Å². The van der Waals surface area contributed by atoms with Crippen LogP contribution in [-0.4, -0.2) is 47.9 Å². The number of rotatable bonds is 7. The van der Waals surface area contributed by atoms with Gasteiger partial charge in [-0.2, -0.15) is 10.4 Å². The van der Waals surface area contributed by atoms with Crippen molar-refractivity contribution in [3.63, 3.8) is 0 Å². The smallest absolute Gasteiger partial charge is 0.253 e. The molecule has 6 nitrogen and oxygen atoms in total. The summed E-state index contributed by atoms with van der Waals surface area (Å²) in [5, 5.41) is 14.2. The van der Waals surface area contributed by atoms with E-state index >= 15 is 0 Å². The monoisotopic (exact) mass is 436 g/mol. The Kier molecular flexibility index (Phi) is 7.11. The number of carbonyl (C=O) groups is 1. The summed E-state index contributed by atoms with van der Waals surface area (Å²) in [5.74, 6) is -0.0264. The minimum atomic E-state index is -0.0264. The van der Waals surface area contributed by atoms with Gasteiger partial charge in [0.1, 0.15) is 6.07 Å². The van der Waals surface area contributed by atoms with Crippen LogP contribution >= 0.6 is 11.6 Å². The van der Waals surface area contributed by atoms with Crippen molar-refractivity contribution in [2.75, 3.05) is 27.3 Å². The molecule has 0 spiro atoms. The molecule has 0 saturated heterocycles. The third-order valence-corrected chi connectivity index (χ3v) is 5.63. The molecule has 0 bridgehead atoms. The van der Waals surface area contributed by atoms with Crippen LogP contribution in [0, 0.1) is 25.2 Å². The molecule has 0 radical (unpaired) electrons. The van der Waals surface area contributed by atoms with Gasteiger partial charge < -0.3 is 9.64 Å². The predicted octanol–water partition coefficient (Wildman–Crippen LogP) is 4.32. The van der Waals surface area contributed by atoms with Crippen LogP contribution in [0.15, 0.2) is 42.5 Å². The topological polar surface area (TPSA) is 71.2 Å². The van der Waals surface area contributed by atoms with Crippen molar-refractivity contribution in [2.45, 2.75) is 20.3 Å². The Labute approximate surface area is 187 Å². The number of ether oxygens (including phenoxy) is 1. The highest BCUT2D eigenvalue weighted by atomic mass is 35.5. The summed E-state index contributed by atoms with van der Waals surface area (Å²) in [6.45, 7) is 5.05. The summed E-state index contributed by atoms with van der Waals surface area (Å²) >= 11 is 6.20. The van der Waals surface area contributed by atoms with Crippen molar-refractivity contribution in [1.82, 2.24) is 14.7 Å². The lowest BCUT2D eigenvalue weighted by molar-refractivity contribution is 0.0744. The third-order valence-electron chi connectivity index (χ3n) is 5.32. The molecule has 0 aliphatic rings. The molecule has 0 aliphatic heterocycles. The third kappa shape index (κ3) is 4.96. The molecule has 31 heavy (non-hydrogen) atoms. The number of methoxy groups -OCH3 is 1. The molecule has 1 heterocycles. The van der Waals surface area contributed by atoms with Gasteiger partial charge in [0.05, 0.1) is 28.6 Å². The molecule has 7 heteroatoms. The average molecular weight is 437 g/mol. The van der Waals surface area contributed by atoms with E-state index in [-0.39, 0.29) is 5.91 Å². The Balaban J connectivity index is 1.80. The number of hydrogen-bond donors (Lipinski definition) is 0. The van der Waals surface area contributed by atoms with E-state index in [1.54, 1.807) is 31.2 Å². The fourth-order valence-electron chi connectivity index (χ4n) is 3.43. The molecule has 0 saturated carbocycles. The Bertz CT molecular complexity index is 1130. The molecule has 3 aromatic rings. The van der Waals surface area contributed by atoms with Crippen molar-refractivity contribution < 1.29 is 9.53 Å². The normalized spacial score (nSPS) is 10.7. The molecule has 0 fully saturated rings. The largest absolute Gasteiger partial charge is 0.383 e. The fourth-order valence-corrected chi connectivity index (χ4v) is 3.65. The zero-order valence-corrected chi connectivity index (χ0v) is 18.9. The van der Waals surface area contributed by atoms with E-state index in [1.165, 1.54) is 0 Å². The van der Waals surface area contributed by atoms with Gasteiger partial charge in [-0.05, 0) is 49.7 Å². The van der Waals surface area contributed by atoms with Gasteiger partial charge >= 0.3 is 0 Å². The summed E-state index contributed by atoms with van der Waals surface area (Å²) < 4.78 is 6.88. The van der Waals surface area contributed by atoms with Crippen molar-refractivity contribution >= 4 is 17.5 Å². The lowest BCUT2D eigenvalue weighted by Gasteiger charge is -2.16. The summed E-state index contributed by atoms with van der Waals surface area (Å²) in [6.07, 6.45) is 0.704. The van der Waals surface area contributed by atoms with E-state index in [0.717, 1.165) is 28.2 Å². The van der Waals surface area contributed by atoms with Gasteiger partial charge in [0.25, 0.3) is 5.91 Å². The first-order valence-electron chi connectivity index (χ1n) is 9.94. The minimum Gasteiger partial charge on any atom is -0.383 e. The maximum absolute atomic E-state index is 12.5. The number of likely N-dealkylation sites (N-methyl/N-ethyl adjacent to an activating group) is 1. The van der Waals surface area contributed by atoms with E-state index in [2.05, 4.69) is 11.2 Å². The number of aryl methyl sites for hydroxylation is 1. The Morgan fingerprint density at radius 1 is 1.23 bits per heavy atom. The maximum atomic E-state index is 12.5. The Morgan fingerprint density at radius 2 is 1.94 bits per heavy atom. The molecular weight excluding hydrogens is 412 g/mol. The van der Waals surface area contributed by atoms with E-state index in [0.29, 0.717) is 35.7 Å². The van der Waals surface area contributed by atoms with E-state index in [9.17, 15) is 4.79 Å². The number of nitriles is 1. The number of aromatic nitrogens is 2. The number of halogens is 1. The Morgan fingerprint density at radius 3 is 2.55 bits per heavy atom. The van der Waals surface area contributed by atoms with Crippen LogP contribution in [0.3, 0.4) is 0 Å². The maximum Gasteiger partial charge on any atom is 0.253 e. The highest BCUT2D eigenvalue weighted by Gasteiger charge is 2.15. The highest BCUT2D eigenvalue weighted by molar-refractivity contribution is 6.31. The van der Waals surface area contributed by atoms with Crippen LogP contribution < -0.4 is 0 Å². The number of nitrogens with zero attached hydrogens (tertiary/aromatic N) is 4. The van der Waals surface area contributed by atoms with Gasteiger partial charge in [0.2, 0.25) is 0 Å². The lowest BCUT2D eigenvalue weighted by atomic mass is 10.0. The molecule has 0 atom stereocenters. The van der Waals surface area contributed by atoms with Crippen LogP contribution in [0.4, 0.5) is 0 Å². The molecular formula is C24H25ClN4O2. The van der Waals surface area contributed by atoms with Gasteiger partial charge in [0, 0.05) is 43.9 Å². The SMILES string of the molecule is COCCN(C)C(=O)c1ccc(Cc2c(C)nn(-c3ccc(C#N)c(Cl)c3)c2C)cc1. The molecule has 0 aliphatic carbocycles. The Hall–Kier alpha value is -3.14. The second kappa shape index (κ2) is 9.78. The second-order valence-electron chi connectivity index (χ2n) is 7.43. The number of amides is 1. The standard InChI is InChI=1S/C24H25ClN4O2/c1-16-22(17(2)29(27-16)21-10-9-20(15-26)23(25)14-21)13-18-5-7-19(8-6-18)24(30)28(3)11-12-31-4/h5-10,14H,11-13H2,1-4H3. The van der Waals surface area contributed by atoms with Crippen molar-refractivity contribution in [1.29, 1.82) is 5.26 Å². The zero-order valence-electron chi connectivity index (χ0n) is 18.1. The van der Waals surface area contributed by atoms with Crippen LogP contribution in [0.2, 0.25) is 5.02 Å². The number of carbonyl (C=O) groups excluding carboxylic acids is 1. The van der Waals surface area contributed by atoms with E-state index in [4.69, 9.17) is 21.6 Å².